The van der Waals surface area contributed by atoms with E-state index in [-0.39, 0.29) is 0 Å². The van der Waals surface area contributed by atoms with Crippen molar-refractivity contribution in [2.75, 3.05) is 6.54 Å². The van der Waals surface area contributed by atoms with Crippen LogP contribution in [0.4, 0.5) is 0 Å². The molecule has 0 spiro atoms. The second-order valence-electron chi connectivity index (χ2n) is 5.24. The van der Waals surface area contributed by atoms with Crippen molar-refractivity contribution >= 4 is 0 Å². The summed E-state index contributed by atoms with van der Waals surface area (Å²) in [5.41, 5.74) is 1.52. The number of pyridine rings is 1. The van der Waals surface area contributed by atoms with Crippen LogP contribution >= 0.6 is 0 Å². The summed E-state index contributed by atoms with van der Waals surface area (Å²) in [6.45, 7) is 9.99. The lowest BCUT2D eigenvalue weighted by atomic mass is 9.92. The maximum atomic E-state index is 4.33. The minimum atomic E-state index is 0.341. The minimum Gasteiger partial charge on any atom is -0.309 e. The van der Waals surface area contributed by atoms with Crippen molar-refractivity contribution in [3.8, 4) is 0 Å². The lowest BCUT2D eigenvalue weighted by molar-refractivity contribution is 0.357. The summed E-state index contributed by atoms with van der Waals surface area (Å²) in [4.78, 5) is 4.33. The topological polar surface area (TPSA) is 24.9 Å². The Morgan fingerprint density at radius 2 is 2.07 bits per heavy atom. The first-order valence-electron chi connectivity index (χ1n) is 5.63. The summed E-state index contributed by atoms with van der Waals surface area (Å²) < 4.78 is 0. The zero-order chi connectivity index (χ0) is 11.3. The zero-order valence-corrected chi connectivity index (χ0v) is 10.2. The normalized spacial score (nSPS) is 13.9. The van der Waals surface area contributed by atoms with Gasteiger partial charge in [-0.2, -0.15) is 0 Å². The third-order valence-electron chi connectivity index (χ3n) is 2.46. The van der Waals surface area contributed by atoms with Crippen LogP contribution in [0.25, 0.3) is 0 Å². The van der Waals surface area contributed by atoms with Gasteiger partial charge < -0.3 is 5.32 Å². The summed E-state index contributed by atoms with van der Waals surface area (Å²) in [6.07, 6.45) is 3.03. The zero-order valence-electron chi connectivity index (χ0n) is 10.2. The van der Waals surface area contributed by atoms with E-state index in [0.717, 1.165) is 12.2 Å². The van der Waals surface area contributed by atoms with Gasteiger partial charge in [-0.1, -0.05) is 26.8 Å². The van der Waals surface area contributed by atoms with E-state index in [1.165, 1.54) is 6.42 Å². The fraction of sp³-hybridized carbons (Fsp3) is 0.615. The molecule has 0 fully saturated rings. The minimum absolute atomic E-state index is 0.341. The van der Waals surface area contributed by atoms with Crippen molar-refractivity contribution in [3.63, 3.8) is 0 Å². The van der Waals surface area contributed by atoms with Crippen molar-refractivity contribution < 1.29 is 0 Å². The Morgan fingerprint density at radius 1 is 1.33 bits per heavy atom. The SMILES string of the molecule is CC(NCCC(C)(C)C)c1ccccn1. The van der Waals surface area contributed by atoms with Gasteiger partial charge in [0, 0.05) is 12.2 Å². The van der Waals surface area contributed by atoms with Crippen molar-refractivity contribution in [3.05, 3.63) is 30.1 Å². The second kappa shape index (κ2) is 5.26. The maximum absolute atomic E-state index is 4.33. The molecule has 1 aromatic rings. The molecular formula is C13H22N2. The van der Waals surface area contributed by atoms with Gasteiger partial charge >= 0.3 is 0 Å². The molecule has 1 atom stereocenters. The van der Waals surface area contributed by atoms with Crippen LogP contribution in [0.15, 0.2) is 24.4 Å². The van der Waals surface area contributed by atoms with E-state index in [1.54, 1.807) is 0 Å². The lowest BCUT2D eigenvalue weighted by Crippen LogP contribution is -2.24. The Labute approximate surface area is 93.1 Å². The third kappa shape index (κ3) is 4.93. The second-order valence-corrected chi connectivity index (χ2v) is 5.24. The monoisotopic (exact) mass is 206 g/mol. The molecule has 0 radical (unpaired) electrons. The van der Waals surface area contributed by atoms with Crippen molar-refractivity contribution in [1.29, 1.82) is 0 Å². The summed E-state index contributed by atoms with van der Waals surface area (Å²) in [7, 11) is 0. The van der Waals surface area contributed by atoms with E-state index in [4.69, 9.17) is 0 Å². The van der Waals surface area contributed by atoms with Crippen LogP contribution in [0.2, 0.25) is 0 Å². The molecule has 2 nitrogen and oxygen atoms in total. The van der Waals surface area contributed by atoms with Crippen LogP contribution in [-0.2, 0) is 0 Å². The Balaban J connectivity index is 2.34. The average molecular weight is 206 g/mol. The molecule has 84 valence electrons. The highest BCUT2D eigenvalue weighted by Crippen LogP contribution is 2.18. The fourth-order valence-electron chi connectivity index (χ4n) is 1.40. The van der Waals surface area contributed by atoms with E-state index < -0.39 is 0 Å². The molecule has 15 heavy (non-hydrogen) atoms. The quantitative estimate of drug-likeness (QED) is 0.818. The first-order valence-corrected chi connectivity index (χ1v) is 5.63. The van der Waals surface area contributed by atoms with Gasteiger partial charge in [-0.05, 0) is 37.4 Å². The van der Waals surface area contributed by atoms with Gasteiger partial charge in [-0.15, -0.1) is 0 Å². The summed E-state index contributed by atoms with van der Waals surface area (Å²) >= 11 is 0. The number of nitrogens with zero attached hydrogens (tertiary/aromatic N) is 1. The number of hydrogen-bond acceptors (Lipinski definition) is 2. The van der Waals surface area contributed by atoms with E-state index >= 15 is 0 Å². The Bertz CT molecular complexity index is 274. The predicted molar refractivity (Wildman–Crippen MR) is 64.7 cm³/mol. The first kappa shape index (κ1) is 12.2. The molecule has 1 aromatic heterocycles. The van der Waals surface area contributed by atoms with Crippen LogP contribution in [0.1, 0.15) is 45.9 Å². The lowest BCUT2D eigenvalue weighted by Gasteiger charge is -2.20. The summed E-state index contributed by atoms with van der Waals surface area (Å²) in [6, 6.07) is 6.39. The largest absolute Gasteiger partial charge is 0.309 e. The molecule has 1 N–H and O–H groups in total. The van der Waals surface area contributed by atoms with Gasteiger partial charge in [-0.25, -0.2) is 0 Å². The highest BCUT2D eigenvalue weighted by molar-refractivity contribution is 5.07. The number of hydrogen-bond donors (Lipinski definition) is 1. The maximum Gasteiger partial charge on any atom is 0.0570 e. The van der Waals surface area contributed by atoms with Crippen LogP contribution in [0.3, 0.4) is 0 Å². The number of aromatic nitrogens is 1. The first-order chi connectivity index (χ1) is 6.99. The van der Waals surface area contributed by atoms with Crippen molar-refractivity contribution in [1.82, 2.24) is 10.3 Å². The molecule has 0 aliphatic rings. The van der Waals surface area contributed by atoms with Crippen LogP contribution < -0.4 is 5.32 Å². The predicted octanol–water partition coefficient (Wildman–Crippen LogP) is 3.17. The molecule has 0 bridgehead atoms. The van der Waals surface area contributed by atoms with Gasteiger partial charge in [0.05, 0.1) is 5.69 Å². The Kier molecular flexibility index (Phi) is 4.28. The van der Waals surface area contributed by atoms with Gasteiger partial charge in [-0.3, -0.25) is 4.98 Å². The Hall–Kier alpha value is -0.890. The molecule has 0 saturated heterocycles. The molecule has 1 unspecified atom stereocenters. The molecule has 2 heteroatoms. The number of nitrogens with one attached hydrogen (secondary N) is 1. The summed E-state index contributed by atoms with van der Waals surface area (Å²) in [5.74, 6) is 0. The molecule has 0 aliphatic heterocycles. The van der Waals surface area contributed by atoms with E-state index in [2.05, 4.69) is 44.1 Å². The van der Waals surface area contributed by atoms with Gasteiger partial charge in [0.15, 0.2) is 0 Å². The molecule has 0 aliphatic carbocycles. The van der Waals surface area contributed by atoms with Gasteiger partial charge in [0.25, 0.3) is 0 Å². The van der Waals surface area contributed by atoms with Crippen molar-refractivity contribution in [2.24, 2.45) is 5.41 Å². The Morgan fingerprint density at radius 3 is 2.60 bits per heavy atom. The van der Waals surface area contributed by atoms with E-state index in [0.29, 0.717) is 11.5 Å². The third-order valence-corrected chi connectivity index (χ3v) is 2.46. The van der Waals surface area contributed by atoms with E-state index in [9.17, 15) is 0 Å². The highest BCUT2D eigenvalue weighted by atomic mass is 14.9. The smallest absolute Gasteiger partial charge is 0.0570 e. The van der Waals surface area contributed by atoms with Crippen LogP contribution in [0.5, 0.6) is 0 Å². The molecule has 0 saturated carbocycles. The van der Waals surface area contributed by atoms with Crippen LogP contribution in [-0.4, -0.2) is 11.5 Å². The average Bonchev–Trinajstić information content (AvgIpc) is 2.17. The van der Waals surface area contributed by atoms with Crippen molar-refractivity contribution in [2.45, 2.75) is 40.2 Å². The van der Waals surface area contributed by atoms with Gasteiger partial charge in [0.2, 0.25) is 0 Å². The standard InChI is InChI=1S/C13H22N2/c1-11(12-7-5-6-9-15-12)14-10-8-13(2,3)4/h5-7,9,11,14H,8,10H2,1-4H3. The van der Waals surface area contributed by atoms with Gasteiger partial charge in [0.1, 0.15) is 0 Å². The summed E-state index contributed by atoms with van der Waals surface area (Å²) in [5, 5.41) is 3.49. The highest BCUT2D eigenvalue weighted by Gasteiger charge is 2.11. The molecular weight excluding hydrogens is 184 g/mol. The molecule has 0 amide bonds. The fourth-order valence-corrected chi connectivity index (χ4v) is 1.40. The van der Waals surface area contributed by atoms with E-state index in [1.807, 2.05) is 18.3 Å². The number of rotatable bonds is 4. The molecule has 0 aromatic carbocycles. The van der Waals surface area contributed by atoms with Crippen LogP contribution in [0, 0.1) is 5.41 Å². The molecule has 1 rings (SSSR count). The molecule has 1 heterocycles.